The number of hydrogen-bond donors (Lipinski definition) is 0. The number of sulfone groups is 1. The fourth-order valence-electron chi connectivity index (χ4n) is 5.60. The Kier molecular flexibility index (Phi) is 9.22. The molecule has 1 fully saturated rings. The fraction of sp³-hybridized carbons (Fsp3) is 0.538. The summed E-state index contributed by atoms with van der Waals surface area (Å²) in [6.07, 6.45) is 0.190. The standard InChI is InChI=1S/C26H32ClF2O7PS/c1-3-35-37(30,36-4-2)17-38(31,32)14-11-23-20-16-34-25-22(29)10-9-21(28)24(25)26(20,12-13-33-23)15-18-5-7-19(27)8-6-18/h5-10,20,23H,3-4,11-17H2,1-2H3/t20-,23-,26-/m0/s1. The van der Waals surface area contributed by atoms with Crippen molar-refractivity contribution < 1.29 is 40.3 Å². The van der Waals surface area contributed by atoms with Crippen LogP contribution in [0.15, 0.2) is 36.4 Å². The monoisotopic (exact) mass is 592 g/mol. The Morgan fingerprint density at radius 1 is 1.08 bits per heavy atom. The van der Waals surface area contributed by atoms with Gasteiger partial charge in [-0.05, 0) is 62.9 Å². The van der Waals surface area contributed by atoms with Gasteiger partial charge < -0.3 is 18.5 Å². The van der Waals surface area contributed by atoms with Crippen LogP contribution in [0.2, 0.25) is 5.02 Å². The zero-order valence-electron chi connectivity index (χ0n) is 21.3. The lowest BCUT2D eigenvalue weighted by Crippen LogP contribution is -2.55. The van der Waals surface area contributed by atoms with Crippen LogP contribution < -0.4 is 4.74 Å². The quantitative estimate of drug-likeness (QED) is 0.299. The lowest BCUT2D eigenvalue weighted by molar-refractivity contribution is -0.0963. The highest BCUT2D eigenvalue weighted by atomic mass is 35.5. The molecule has 2 aromatic carbocycles. The number of rotatable bonds is 11. The molecular weight excluding hydrogens is 561 g/mol. The second-order valence-corrected chi connectivity index (χ2v) is 14.7. The Morgan fingerprint density at radius 2 is 1.74 bits per heavy atom. The van der Waals surface area contributed by atoms with E-state index < -0.39 is 52.0 Å². The highest BCUT2D eigenvalue weighted by Crippen LogP contribution is 2.53. The summed E-state index contributed by atoms with van der Waals surface area (Å²) in [5.41, 5.74) is -0.615. The number of halogens is 3. The molecule has 210 valence electrons. The van der Waals surface area contributed by atoms with E-state index in [1.807, 2.05) is 12.1 Å². The first-order valence-corrected chi connectivity index (χ1v) is 16.5. The third-order valence-electron chi connectivity index (χ3n) is 7.16. The molecule has 0 aromatic heterocycles. The van der Waals surface area contributed by atoms with Crippen molar-refractivity contribution in [2.75, 3.05) is 37.7 Å². The van der Waals surface area contributed by atoms with Crippen molar-refractivity contribution in [3.05, 3.63) is 64.2 Å². The van der Waals surface area contributed by atoms with Gasteiger partial charge in [0.05, 0.1) is 31.7 Å². The van der Waals surface area contributed by atoms with Crippen LogP contribution in [-0.4, -0.2) is 52.2 Å². The van der Waals surface area contributed by atoms with Gasteiger partial charge in [-0.25, -0.2) is 17.2 Å². The summed E-state index contributed by atoms with van der Waals surface area (Å²) in [7, 11) is -7.68. The molecule has 0 radical (unpaired) electrons. The molecular formula is C26H32ClF2O7PS. The minimum absolute atomic E-state index is 0.0298. The van der Waals surface area contributed by atoms with Crippen LogP contribution in [0.25, 0.3) is 0 Å². The van der Waals surface area contributed by atoms with Gasteiger partial charge in [0.1, 0.15) is 5.82 Å². The smallest absolute Gasteiger partial charge is 0.345 e. The van der Waals surface area contributed by atoms with Gasteiger partial charge in [0.2, 0.25) is 0 Å². The minimum Gasteiger partial charge on any atom is -0.490 e. The van der Waals surface area contributed by atoms with Crippen LogP contribution in [0, 0.1) is 17.6 Å². The topological polar surface area (TPSA) is 88.1 Å². The summed E-state index contributed by atoms with van der Waals surface area (Å²) in [6.45, 7) is 3.57. The first kappa shape index (κ1) is 29.4. The van der Waals surface area contributed by atoms with Crippen LogP contribution in [0.3, 0.4) is 0 Å². The van der Waals surface area contributed by atoms with Gasteiger partial charge >= 0.3 is 7.60 Å². The molecule has 38 heavy (non-hydrogen) atoms. The number of hydrogen-bond acceptors (Lipinski definition) is 7. The average Bonchev–Trinajstić information content (AvgIpc) is 2.85. The summed E-state index contributed by atoms with van der Waals surface area (Å²) >= 11 is 6.07. The molecule has 7 nitrogen and oxygen atoms in total. The summed E-state index contributed by atoms with van der Waals surface area (Å²) in [5, 5.41) is 0.554. The van der Waals surface area contributed by atoms with Gasteiger partial charge in [-0.3, -0.25) is 4.57 Å². The van der Waals surface area contributed by atoms with E-state index in [-0.39, 0.29) is 49.9 Å². The molecule has 4 rings (SSSR count). The zero-order valence-corrected chi connectivity index (χ0v) is 23.8. The van der Waals surface area contributed by atoms with E-state index in [9.17, 15) is 17.4 Å². The van der Waals surface area contributed by atoms with Gasteiger partial charge in [-0.15, -0.1) is 0 Å². The Balaban J connectivity index is 1.64. The molecule has 0 spiro atoms. The third kappa shape index (κ3) is 6.26. The van der Waals surface area contributed by atoms with E-state index >= 15 is 4.39 Å². The maximum absolute atomic E-state index is 15.4. The van der Waals surface area contributed by atoms with Crippen molar-refractivity contribution in [2.24, 2.45) is 5.92 Å². The molecule has 2 aliphatic rings. The number of fused-ring (bicyclic) bond motifs is 3. The summed E-state index contributed by atoms with van der Waals surface area (Å²) < 4.78 is 91.0. The molecule has 0 amide bonds. The zero-order chi connectivity index (χ0) is 27.6. The molecule has 0 unspecified atom stereocenters. The van der Waals surface area contributed by atoms with Crippen molar-refractivity contribution in [1.82, 2.24) is 0 Å². The van der Waals surface area contributed by atoms with Gasteiger partial charge in [0.15, 0.2) is 26.9 Å². The average molecular weight is 593 g/mol. The second-order valence-electron chi connectivity index (χ2n) is 9.58. The van der Waals surface area contributed by atoms with Crippen molar-refractivity contribution >= 4 is 29.0 Å². The van der Waals surface area contributed by atoms with Gasteiger partial charge in [-0.2, -0.15) is 0 Å². The van der Waals surface area contributed by atoms with E-state index in [0.717, 1.165) is 17.7 Å². The molecule has 0 N–H and O–H groups in total. The number of benzene rings is 2. The Hall–Kier alpha value is -1.55. The first-order valence-electron chi connectivity index (χ1n) is 12.6. The Bertz CT molecular complexity index is 1280. The largest absolute Gasteiger partial charge is 0.490 e. The highest BCUT2D eigenvalue weighted by Gasteiger charge is 2.53. The Morgan fingerprint density at radius 3 is 2.39 bits per heavy atom. The van der Waals surface area contributed by atoms with Crippen LogP contribution in [-0.2, 0) is 40.0 Å². The minimum atomic E-state index is -3.86. The molecule has 2 heterocycles. The predicted octanol–water partition coefficient (Wildman–Crippen LogP) is 5.92. The molecule has 2 aliphatic heterocycles. The second kappa shape index (κ2) is 11.9. The van der Waals surface area contributed by atoms with Gasteiger partial charge in [0, 0.05) is 28.5 Å². The highest BCUT2D eigenvalue weighted by molar-refractivity contribution is 7.97. The van der Waals surface area contributed by atoms with Crippen molar-refractivity contribution in [2.45, 2.75) is 44.6 Å². The molecule has 3 atom stereocenters. The summed E-state index contributed by atoms with van der Waals surface area (Å²) in [4.78, 5) is 0. The summed E-state index contributed by atoms with van der Waals surface area (Å²) in [5.74, 6) is -2.14. The van der Waals surface area contributed by atoms with Crippen molar-refractivity contribution in [1.29, 1.82) is 0 Å². The van der Waals surface area contributed by atoms with Crippen LogP contribution in [0.1, 0.15) is 37.8 Å². The molecule has 0 saturated carbocycles. The van der Waals surface area contributed by atoms with Gasteiger partial charge in [-0.1, -0.05) is 23.7 Å². The van der Waals surface area contributed by atoms with Crippen molar-refractivity contribution in [3.8, 4) is 5.75 Å². The summed E-state index contributed by atoms with van der Waals surface area (Å²) in [6, 6.07) is 9.30. The van der Waals surface area contributed by atoms with Crippen LogP contribution in [0.5, 0.6) is 5.75 Å². The van der Waals surface area contributed by atoms with E-state index in [1.165, 1.54) is 0 Å². The molecule has 0 bridgehead atoms. The maximum atomic E-state index is 15.4. The predicted molar refractivity (Wildman–Crippen MR) is 141 cm³/mol. The molecule has 1 saturated heterocycles. The maximum Gasteiger partial charge on any atom is 0.345 e. The SMILES string of the molecule is CCOP(=O)(CS(=O)(=O)CC[C@@H]1OCC[C@@]2(Cc3ccc(Cl)cc3)c3c(F)ccc(F)c3OC[C@@H]12)OCC. The first-order chi connectivity index (χ1) is 18.0. The van der Waals surface area contributed by atoms with E-state index in [4.69, 9.17) is 30.1 Å². The van der Waals surface area contributed by atoms with Crippen LogP contribution >= 0.6 is 19.2 Å². The molecule has 2 aromatic rings. The van der Waals surface area contributed by atoms with E-state index in [0.29, 0.717) is 17.9 Å². The number of ether oxygens (including phenoxy) is 2. The molecule has 0 aliphatic carbocycles. The molecule has 12 heteroatoms. The Labute approximate surface area is 227 Å². The lowest BCUT2D eigenvalue weighted by Gasteiger charge is -2.51. The van der Waals surface area contributed by atoms with Crippen molar-refractivity contribution in [3.63, 3.8) is 0 Å². The normalized spacial score (nSPS) is 23.4. The third-order valence-corrected chi connectivity index (χ3v) is 12.4. The lowest BCUT2D eigenvalue weighted by atomic mass is 9.60. The van der Waals surface area contributed by atoms with Gasteiger partial charge in [0.25, 0.3) is 0 Å². The fourth-order valence-corrected chi connectivity index (χ4v) is 10.2. The van der Waals surface area contributed by atoms with E-state index in [2.05, 4.69) is 0 Å². The van der Waals surface area contributed by atoms with E-state index in [1.54, 1.807) is 26.0 Å². The van der Waals surface area contributed by atoms with Crippen LogP contribution in [0.4, 0.5) is 8.78 Å².